The van der Waals surface area contributed by atoms with Gasteiger partial charge in [-0.25, -0.2) is 0 Å². The predicted molar refractivity (Wildman–Crippen MR) is 126 cm³/mol. The second-order valence-corrected chi connectivity index (χ2v) is 6.85. The fraction of sp³-hybridized carbons (Fsp3) is 0.667. The van der Waals surface area contributed by atoms with Crippen LogP contribution in [0.5, 0.6) is 11.5 Å². The van der Waals surface area contributed by atoms with Gasteiger partial charge in [-0.2, -0.15) is 10.5 Å². The van der Waals surface area contributed by atoms with Gasteiger partial charge < -0.3 is 48.1 Å². The first-order valence-corrected chi connectivity index (χ1v) is 11.7. The standard InChI is InChI=1S/C24H36N2O10/c25-19-21-22(20-26)24(36-18-16-34-14-12-32-10-8-30-6-4-28)2-1-23(21)35-17-15-33-13-11-31-9-7-29-5-3-27/h1-2,27-28H,3-18H2. The van der Waals surface area contributed by atoms with E-state index in [-0.39, 0.29) is 75.5 Å². The topological polar surface area (TPSA) is 162 Å². The van der Waals surface area contributed by atoms with Gasteiger partial charge in [0.15, 0.2) is 0 Å². The normalized spacial score (nSPS) is 10.7. The van der Waals surface area contributed by atoms with E-state index in [1.54, 1.807) is 12.1 Å². The maximum Gasteiger partial charge on any atom is 0.138 e. The molecule has 0 amide bonds. The van der Waals surface area contributed by atoms with Crippen LogP contribution in [0.1, 0.15) is 11.1 Å². The van der Waals surface area contributed by atoms with Gasteiger partial charge in [0.1, 0.15) is 48.0 Å². The maximum atomic E-state index is 9.52. The molecule has 0 heterocycles. The first-order chi connectivity index (χ1) is 17.8. The number of hydrogen-bond donors (Lipinski definition) is 2. The van der Waals surface area contributed by atoms with Crippen LogP contribution in [0.2, 0.25) is 0 Å². The second-order valence-electron chi connectivity index (χ2n) is 6.85. The molecule has 0 atom stereocenters. The van der Waals surface area contributed by atoms with Gasteiger partial charge in [0.25, 0.3) is 0 Å². The van der Waals surface area contributed by atoms with Crippen molar-refractivity contribution in [1.82, 2.24) is 0 Å². The van der Waals surface area contributed by atoms with Gasteiger partial charge in [-0.15, -0.1) is 0 Å². The zero-order chi connectivity index (χ0) is 26.1. The molecule has 0 saturated heterocycles. The minimum Gasteiger partial charge on any atom is -0.490 e. The van der Waals surface area contributed by atoms with E-state index in [0.717, 1.165) is 0 Å². The van der Waals surface area contributed by atoms with E-state index < -0.39 is 0 Å². The lowest BCUT2D eigenvalue weighted by molar-refractivity contribution is 0.00344. The fourth-order valence-corrected chi connectivity index (χ4v) is 2.66. The Morgan fingerprint density at radius 1 is 0.472 bits per heavy atom. The Bertz CT molecular complexity index is 703. The van der Waals surface area contributed by atoms with E-state index in [4.69, 9.17) is 48.1 Å². The molecule has 0 bridgehead atoms. The molecule has 12 heteroatoms. The summed E-state index contributed by atoms with van der Waals surface area (Å²) in [4.78, 5) is 0. The third kappa shape index (κ3) is 14.8. The van der Waals surface area contributed by atoms with Gasteiger partial charge in [-0.05, 0) is 12.1 Å². The summed E-state index contributed by atoms with van der Waals surface area (Å²) in [6.45, 7) is 4.70. The number of hydrogen-bond acceptors (Lipinski definition) is 12. The monoisotopic (exact) mass is 512 g/mol. The van der Waals surface area contributed by atoms with E-state index in [0.29, 0.717) is 52.9 Å². The highest BCUT2D eigenvalue weighted by Gasteiger charge is 2.15. The van der Waals surface area contributed by atoms with Crippen LogP contribution >= 0.6 is 0 Å². The van der Waals surface area contributed by atoms with Crippen LogP contribution < -0.4 is 9.47 Å². The van der Waals surface area contributed by atoms with Crippen LogP contribution in [0.4, 0.5) is 0 Å². The number of nitrogens with zero attached hydrogens (tertiary/aromatic N) is 2. The van der Waals surface area contributed by atoms with Crippen molar-refractivity contribution < 1.29 is 48.1 Å². The average Bonchev–Trinajstić information content (AvgIpc) is 2.90. The molecule has 0 aliphatic rings. The Hall–Kier alpha value is -2.52. The molecule has 1 aromatic carbocycles. The highest BCUT2D eigenvalue weighted by Crippen LogP contribution is 2.29. The Labute approximate surface area is 211 Å². The molecule has 0 saturated carbocycles. The van der Waals surface area contributed by atoms with Crippen molar-refractivity contribution in [2.24, 2.45) is 0 Å². The molecule has 2 N–H and O–H groups in total. The van der Waals surface area contributed by atoms with Gasteiger partial charge in [-0.3, -0.25) is 0 Å². The molecule has 1 rings (SSSR count). The molecular weight excluding hydrogens is 476 g/mol. The lowest BCUT2D eigenvalue weighted by atomic mass is 10.1. The van der Waals surface area contributed by atoms with Crippen LogP contribution in [-0.4, -0.2) is 116 Å². The first kappa shape index (κ1) is 31.5. The molecule has 0 aliphatic heterocycles. The van der Waals surface area contributed by atoms with E-state index in [9.17, 15) is 10.5 Å². The Kier molecular flexibility index (Phi) is 20.1. The van der Waals surface area contributed by atoms with Crippen LogP contribution in [0.3, 0.4) is 0 Å². The largest absolute Gasteiger partial charge is 0.490 e. The summed E-state index contributed by atoms with van der Waals surface area (Å²) in [6, 6.07) is 7.16. The molecule has 0 radical (unpaired) electrons. The maximum absolute atomic E-state index is 9.52. The summed E-state index contributed by atoms with van der Waals surface area (Å²) >= 11 is 0. The van der Waals surface area contributed by atoms with Crippen molar-refractivity contribution in [1.29, 1.82) is 10.5 Å². The van der Waals surface area contributed by atoms with Crippen LogP contribution in [0.25, 0.3) is 0 Å². The molecule has 12 nitrogen and oxygen atoms in total. The van der Waals surface area contributed by atoms with Gasteiger partial charge in [0, 0.05) is 0 Å². The Balaban J connectivity index is 2.25. The molecule has 0 aliphatic carbocycles. The lowest BCUT2D eigenvalue weighted by Crippen LogP contribution is -2.14. The highest BCUT2D eigenvalue weighted by molar-refractivity contribution is 5.60. The quantitative estimate of drug-likeness (QED) is 0.182. The van der Waals surface area contributed by atoms with Crippen LogP contribution in [-0.2, 0) is 28.4 Å². The van der Waals surface area contributed by atoms with Crippen molar-refractivity contribution in [2.75, 3.05) is 106 Å². The van der Waals surface area contributed by atoms with Crippen LogP contribution in [0.15, 0.2) is 12.1 Å². The van der Waals surface area contributed by atoms with Gasteiger partial charge in [-0.1, -0.05) is 0 Å². The van der Waals surface area contributed by atoms with Gasteiger partial charge in [0.05, 0.1) is 92.5 Å². The number of rotatable bonds is 24. The van der Waals surface area contributed by atoms with E-state index in [1.165, 1.54) is 0 Å². The van der Waals surface area contributed by atoms with Crippen molar-refractivity contribution in [3.63, 3.8) is 0 Å². The molecule has 202 valence electrons. The minimum atomic E-state index is -0.0149. The van der Waals surface area contributed by atoms with Crippen LogP contribution in [0, 0.1) is 22.7 Å². The summed E-state index contributed by atoms with van der Waals surface area (Å²) in [5.74, 6) is 0.553. The zero-order valence-corrected chi connectivity index (χ0v) is 20.5. The molecule has 36 heavy (non-hydrogen) atoms. The summed E-state index contributed by atoms with van der Waals surface area (Å²) in [5, 5.41) is 36.2. The molecule has 0 unspecified atom stereocenters. The van der Waals surface area contributed by atoms with E-state index >= 15 is 0 Å². The number of benzene rings is 1. The highest BCUT2D eigenvalue weighted by atomic mass is 16.6. The number of ether oxygens (including phenoxy) is 8. The summed E-state index contributed by atoms with van der Waals surface area (Å²) in [7, 11) is 0. The molecule has 1 aromatic rings. The first-order valence-electron chi connectivity index (χ1n) is 11.7. The second kappa shape index (κ2) is 22.9. The molecule has 0 spiro atoms. The summed E-state index contributed by atoms with van der Waals surface area (Å²) in [6.07, 6.45) is 0. The van der Waals surface area contributed by atoms with Gasteiger partial charge in [0.2, 0.25) is 0 Å². The fourth-order valence-electron chi connectivity index (χ4n) is 2.66. The van der Waals surface area contributed by atoms with E-state index in [2.05, 4.69) is 0 Å². The van der Waals surface area contributed by atoms with E-state index in [1.807, 2.05) is 12.1 Å². The smallest absolute Gasteiger partial charge is 0.138 e. The Morgan fingerprint density at radius 2 is 0.750 bits per heavy atom. The average molecular weight is 513 g/mol. The third-order valence-corrected chi connectivity index (χ3v) is 4.28. The summed E-state index contributed by atoms with van der Waals surface area (Å²) in [5.41, 5.74) is 0.192. The number of aliphatic hydroxyl groups is 2. The molecule has 0 aromatic heterocycles. The zero-order valence-electron chi connectivity index (χ0n) is 20.5. The third-order valence-electron chi connectivity index (χ3n) is 4.28. The SMILES string of the molecule is N#Cc1c(OCCOCCOCCOCCO)ccc(OCCOCCOCCOCCO)c1C#N. The van der Waals surface area contributed by atoms with Gasteiger partial charge >= 0.3 is 0 Å². The summed E-state index contributed by atoms with van der Waals surface area (Å²) < 4.78 is 42.8. The number of aliphatic hydroxyl groups excluding tert-OH is 2. The van der Waals surface area contributed by atoms with Crippen molar-refractivity contribution >= 4 is 0 Å². The van der Waals surface area contributed by atoms with Crippen molar-refractivity contribution in [3.05, 3.63) is 23.3 Å². The lowest BCUT2D eigenvalue weighted by Gasteiger charge is -2.13. The minimum absolute atomic E-state index is 0.0149. The number of nitriles is 2. The predicted octanol–water partition coefficient (Wildman–Crippen LogP) is 0.272. The van der Waals surface area contributed by atoms with Crippen molar-refractivity contribution in [2.45, 2.75) is 0 Å². The molecule has 0 fully saturated rings. The Morgan fingerprint density at radius 3 is 1.03 bits per heavy atom. The van der Waals surface area contributed by atoms with Crippen molar-refractivity contribution in [3.8, 4) is 23.6 Å². The molecular formula is C24H36N2O10.